The molecule has 0 spiro atoms. The Bertz CT molecular complexity index is 673. The highest BCUT2D eigenvalue weighted by Gasteiger charge is 2.11. The van der Waals surface area contributed by atoms with Gasteiger partial charge in [0.15, 0.2) is 0 Å². The van der Waals surface area contributed by atoms with Gasteiger partial charge in [0.1, 0.15) is 11.6 Å². The fourth-order valence-corrected chi connectivity index (χ4v) is 2.10. The summed E-state index contributed by atoms with van der Waals surface area (Å²) >= 11 is 0. The average molecular weight is 304 g/mol. The predicted octanol–water partition coefficient (Wildman–Crippen LogP) is 3.61. The van der Waals surface area contributed by atoms with Gasteiger partial charge < -0.3 is 10.2 Å². The van der Waals surface area contributed by atoms with Crippen LogP contribution in [0.1, 0.15) is 16.7 Å². The van der Waals surface area contributed by atoms with E-state index in [4.69, 9.17) is 0 Å². The average Bonchev–Trinajstić information content (AvgIpc) is 2.50. The second-order valence-electron chi connectivity index (χ2n) is 5.18. The van der Waals surface area contributed by atoms with Gasteiger partial charge in [-0.15, -0.1) is 0 Å². The first-order chi connectivity index (χ1) is 10.5. The van der Waals surface area contributed by atoms with Crippen molar-refractivity contribution in [2.24, 2.45) is 0 Å². The summed E-state index contributed by atoms with van der Waals surface area (Å²) in [6.45, 7) is 2.37. The molecule has 0 aliphatic rings. The molecule has 2 rings (SSSR count). The lowest BCUT2D eigenvalue weighted by Crippen LogP contribution is -2.36. The maximum atomic E-state index is 13.5. The van der Waals surface area contributed by atoms with E-state index in [0.717, 1.165) is 29.3 Å². The summed E-state index contributed by atoms with van der Waals surface area (Å²) in [7, 11) is 1.66. The molecule has 0 aliphatic carbocycles. The van der Waals surface area contributed by atoms with Crippen LogP contribution in [0.3, 0.4) is 0 Å². The summed E-state index contributed by atoms with van der Waals surface area (Å²) in [4.78, 5) is 13.5. The molecule has 116 valence electrons. The third-order valence-corrected chi connectivity index (χ3v) is 3.45. The number of hydrogen-bond donors (Lipinski definition) is 1. The summed E-state index contributed by atoms with van der Waals surface area (Å²) in [5.74, 6) is -1.07. The monoisotopic (exact) mass is 304 g/mol. The van der Waals surface area contributed by atoms with E-state index in [1.807, 2.05) is 31.2 Å². The minimum atomic E-state index is -0.539. The Kier molecular flexibility index (Phi) is 5.09. The molecule has 2 aromatic carbocycles. The highest BCUT2D eigenvalue weighted by Crippen LogP contribution is 2.11. The summed E-state index contributed by atoms with van der Waals surface area (Å²) in [5, 5.41) is 2.59. The van der Waals surface area contributed by atoms with E-state index in [1.54, 1.807) is 7.05 Å². The molecule has 1 N–H and O–H groups in total. The maximum Gasteiger partial charge on any atom is 0.317 e. The van der Waals surface area contributed by atoms with Crippen LogP contribution in [0.4, 0.5) is 13.6 Å². The fourth-order valence-electron chi connectivity index (χ4n) is 2.10. The molecule has 3 nitrogen and oxygen atoms in total. The molecule has 5 heteroatoms. The van der Waals surface area contributed by atoms with Crippen LogP contribution >= 0.6 is 0 Å². The number of hydrogen-bond acceptors (Lipinski definition) is 1. The van der Waals surface area contributed by atoms with Crippen LogP contribution in [0, 0.1) is 18.6 Å². The first-order valence-electron chi connectivity index (χ1n) is 6.95. The molecule has 0 atom stereocenters. The summed E-state index contributed by atoms with van der Waals surface area (Å²) in [6.07, 6.45) is 0. The number of carbonyl (C=O) groups is 1. The van der Waals surface area contributed by atoms with Crippen molar-refractivity contribution in [3.05, 3.63) is 70.8 Å². The molecule has 0 unspecified atom stereocenters. The topological polar surface area (TPSA) is 32.3 Å². The van der Waals surface area contributed by atoms with Crippen molar-refractivity contribution >= 4 is 6.03 Å². The van der Waals surface area contributed by atoms with Crippen molar-refractivity contribution in [2.45, 2.75) is 20.0 Å². The number of nitrogens with one attached hydrogen (secondary N) is 1. The van der Waals surface area contributed by atoms with Crippen LogP contribution in [0.2, 0.25) is 0 Å². The normalized spacial score (nSPS) is 10.4. The molecular formula is C17H18F2N2O. The third-order valence-electron chi connectivity index (χ3n) is 3.45. The van der Waals surface area contributed by atoms with Crippen LogP contribution in [0.5, 0.6) is 0 Å². The number of carbonyl (C=O) groups excluding carboxylic acids is 1. The Labute approximate surface area is 128 Å². The summed E-state index contributed by atoms with van der Waals surface area (Å²) in [6, 6.07) is 10.6. The molecular weight excluding hydrogens is 286 g/mol. The van der Waals surface area contributed by atoms with Crippen molar-refractivity contribution in [3.8, 4) is 0 Å². The van der Waals surface area contributed by atoms with E-state index in [0.29, 0.717) is 6.54 Å². The van der Waals surface area contributed by atoms with Gasteiger partial charge in [-0.25, -0.2) is 13.6 Å². The predicted molar refractivity (Wildman–Crippen MR) is 81.2 cm³/mol. The van der Waals surface area contributed by atoms with Gasteiger partial charge in [-0.05, 0) is 36.2 Å². The minimum Gasteiger partial charge on any atom is -0.334 e. The van der Waals surface area contributed by atoms with Gasteiger partial charge in [0, 0.05) is 25.7 Å². The van der Waals surface area contributed by atoms with Gasteiger partial charge in [-0.1, -0.05) is 24.3 Å². The van der Waals surface area contributed by atoms with E-state index >= 15 is 0 Å². The maximum absolute atomic E-state index is 13.5. The van der Waals surface area contributed by atoms with Crippen molar-refractivity contribution in [1.29, 1.82) is 0 Å². The lowest BCUT2D eigenvalue weighted by molar-refractivity contribution is 0.206. The number of nitrogens with zero attached hydrogens (tertiary/aromatic N) is 1. The van der Waals surface area contributed by atoms with Gasteiger partial charge in [-0.3, -0.25) is 0 Å². The van der Waals surface area contributed by atoms with Crippen LogP contribution < -0.4 is 5.32 Å². The Balaban J connectivity index is 1.94. The van der Waals surface area contributed by atoms with Crippen LogP contribution in [-0.2, 0) is 13.1 Å². The molecule has 0 saturated heterocycles. The second-order valence-corrected chi connectivity index (χ2v) is 5.18. The van der Waals surface area contributed by atoms with Crippen LogP contribution in [0.25, 0.3) is 0 Å². The van der Waals surface area contributed by atoms with E-state index < -0.39 is 11.6 Å². The number of amides is 2. The molecule has 0 saturated carbocycles. The second kappa shape index (κ2) is 7.02. The van der Waals surface area contributed by atoms with Crippen LogP contribution in [0.15, 0.2) is 42.5 Å². The molecule has 0 aromatic heterocycles. The van der Waals surface area contributed by atoms with E-state index in [9.17, 15) is 13.6 Å². The van der Waals surface area contributed by atoms with Crippen molar-refractivity contribution in [1.82, 2.24) is 10.2 Å². The zero-order valence-corrected chi connectivity index (χ0v) is 12.6. The number of benzene rings is 2. The third kappa shape index (κ3) is 4.04. The van der Waals surface area contributed by atoms with Crippen molar-refractivity contribution in [3.63, 3.8) is 0 Å². The largest absolute Gasteiger partial charge is 0.334 e. The Morgan fingerprint density at radius 1 is 1.14 bits per heavy atom. The van der Waals surface area contributed by atoms with Crippen molar-refractivity contribution in [2.75, 3.05) is 7.05 Å². The van der Waals surface area contributed by atoms with Crippen LogP contribution in [-0.4, -0.2) is 18.0 Å². The molecule has 0 bridgehead atoms. The molecule has 22 heavy (non-hydrogen) atoms. The molecule has 0 heterocycles. The van der Waals surface area contributed by atoms with E-state index in [2.05, 4.69) is 5.32 Å². The highest BCUT2D eigenvalue weighted by atomic mass is 19.1. The number of aryl methyl sites for hydroxylation is 1. The zero-order chi connectivity index (χ0) is 16.1. The number of halogens is 2. The molecule has 2 amide bonds. The fraction of sp³-hybridized carbons (Fsp3) is 0.235. The number of urea groups is 1. The van der Waals surface area contributed by atoms with Gasteiger partial charge in [0.25, 0.3) is 0 Å². The van der Waals surface area contributed by atoms with Gasteiger partial charge in [0.2, 0.25) is 0 Å². The molecule has 0 radical (unpaired) electrons. The molecule has 0 aliphatic heterocycles. The highest BCUT2D eigenvalue weighted by molar-refractivity contribution is 5.73. The first kappa shape index (κ1) is 15.9. The molecule has 2 aromatic rings. The minimum absolute atomic E-state index is 0.0550. The summed E-state index contributed by atoms with van der Waals surface area (Å²) in [5.41, 5.74) is 2.26. The van der Waals surface area contributed by atoms with E-state index in [-0.39, 0.29) is 18.1 Å². The van der Waals surface area contributed by atoms with Gasteiger partial charge in [-0.2, -0.15) is 0 Å². The Hall–Kier alpha value is -2.43. The lowest BCUT2D eigenvalue weighted by Gasteiger charge is -2.19. The first-order valence-corrected chi connectivity index (χ1v) is 6.95. The quantitative estimate of drug-likeness (QED) is 0.919. The number of rotatable bonds is 4. The molecule has 0 fully saturated rings. The van der Waals surface area contributed by atoms with Gasteiger partial charge >= 0.3 is 6.03 Å². The van der Waals surface area contributed by atoms with Gasteiger partial charge in [0.05, 0.1) is 0 Å². The Morgan fingerprint density at radius 3 is 2.59 bits per heavy atom. The van der Waals surface area contributed by atoms with E-state index in [1.165, 1.54) is 4.90 Å². The standard InChI is InChI=1S/C17H18F2N2O/c1-12-5-3-4-6-13(12)11-21(2)17(22)20-10-14-9-15(18)7-8-16(14)19/h3-9H,10-11H2,1-2H3,(H,20,22). The van der Waals surface area contributed by atoms with Crippen molar-refractivity contribution < 1.29 is 13.6 Å². The SMILES string of the molecule is Cc1ccccc1CN(C)C(=O)NCc1cc(F)ccc1F. The Morgan fingerprint density at radius 2 is 1.86 bits per heavy atom. The smallest absolute Gasteiger partial charge is 0.317 e. The zero-order valence-electron chi connectivity index (χ0n) is 12.6. The summed E-state index contributed by atoms with van der Waals surface area (Å²) < 4.78 is 26.6. The lowest BCUT2D eigenvalue weighted by atomic mass is 10.1.